The van der Waals surface area contributed by atoms with E-state index in [1.54, 1.807) is 6.20 Å². The number of hydrogen-bond donors (Lipinski definition) is 0. The molecule has 0 aromatic carbocycles. The summed E-state index contributed by atoms with van der Waals surface area (Å²) in [5.41, 5.74) is 0.785. The van der Waals surface area contributed by atoms with Crippen LogP contribution in [0.5, 0.6) is 0 Å². The van der Waals surface area contributed by atoms with Crippen LogP contribution in [0.1, 0.15) is 82.9 Å². The van der Waals surface area contributed by atoms with Crippen LogP contribution in [-0.2, 0) is 9.53 Å². The van der Waals surface area contributed by atoms with Gasteiger partial charge < -0.3 is 4.74 Å². The van der Waals surface area contributed by atoms with Crippen LogP contribution in [0.25, 0.3) is 0 Å². The molecule has 3 nitrogen and oxygen atoms in total. The van der Waals surface area contributed by atoms with Gasteiger partial charge in [0.15, 0.2) is 0 Å². The van der Waals surface area contributed by atoms with E-state index in [4.69, 9.17) is 4.74 Å². The summed E-state index contributed by atoms with van der Waals surface area (Å²) < 4.78 is 6.37. The minimum atomic E-state index is -0.395. The highest BCUT2D eigenvalue weighted by Crippen LogP contribution is 2.28. The van der Waals surface area contributed by atoms with Crippen molar-refractivity contribution in [2.75, 3.05) is 0 Å². The van der Waals surface area contributed by atoms with Crippen molar-refractivity contribution in [3.8, 4) is 0 Å². The zero-order valence-corrected chi connectivity index (χ0v) is 16.4. The van der Waals surface area contributed by atoms with Crippen LogP contribution in [0, 0.1) is 0 Å². The summed E-state index contributed by atoms with van der Waals surface area (Å²) in [7, 11) is 0. The lowest BCUT2D eigenvalue weighted by atomic mass is 10.0. The van der Waals surface area contributed by atoms with Crippen molar-refractivity contribution in [3.05, 3.63) is 41.2 Å². The fourth-order valence-electron chi connectivity index (χ4n) is 2.71. The van der Waals surface area contributed by atoms with Gasteiger partial charge in [-0.2, -0.15) is 0 Å². The number of esters is 1. The number of carbonyl (C=O) groups is 1. The van der Waals surface area contributed by atoms with Gasteiger partial charge >= 0.3 is 5.97 Å². The Morgan fingerprint density at radius 3 is 2.42 bits per heavy atom. The monoisotopic (exact) mass is 395 g/mol. The molecule has 0 amide bonds. The highest BCUT2D eigenvalue weighted by atomic mass is 79.9. The van der Waals surface area contributed by atoms with E-state index in [9.17, 15) is 4.79 Å². The Labute approximate surface area is 155 Å². The molecule has 1 aromatic rings. The average molecular weight is 396 g/mol. The summed E-state index contributed by atoms with van der Waals surface area (Å²) in [4.78, 5) is 15.9. The van der Waals surface area contributed by atoms with Gasteiger partial charge in [-0.15, -0.1) is 0 Å². The maximum Gasteiger partial charge on any atom is 0.330 e. The van der Waals surface area contributed by atoms with Crippen molar-refractivity contribution in [3.63, 3.8) is 0 Å². The summed E-state index contributed by atoms with van der Waals surface area (Å²) in [6, 6.07) is 3.78. The Kier molecular flexibility index (Phi) is 11.5. The van der Waals surface area contributed by atoms with E-state index in [1.807, 2.05) is 12.1 Å². The molecule has 24 heavy (non-hydrogen) atoms. The molecule has 1 heterocycles. The van der Waals surface area contributed by atoms with Crippen LogP contribution in [0.4, 0.5) is 0 Å². The summed E-state index contributed by atoms with van der Waals surface area (Å²) in [6.45, 7) is 5.72. The maximum absolute atomic E-state index is 11.6. The largest absolute Gasteiger partial charge is 0.453 e. The standard InChI is InChI=1S/C20H30BrNO2/c1-3-5-6-7-8-9-10-11-12-15-18(24-19(23)4-2)20-17(21)14-13-16-22-20/h4,13-14,16,18H,2-3,5-12,15H2,1H3. The molecular formula is C20H30BrNO2. The van der Waals surface area contributed by atoms with Crippen molar-refractivity contribution in [1.82, 2.24) is 4.98 Å². The van der Waals surface area contributed by atoms with Crippen molar-refractivity contribution < 1.29 is 9.53 Å². The van der Waals surface area contributed by atoms with Gasteiger partial charge in [-0.25, -0.2) is 4.79 Å². The summed E-state index contributed by atoms with van der Waals surface area (Å²) in [5, 5.41) is 0. The first kappa shape index (κ1) is 20.9. The minimum absolute atomic E-state index is 0.310. The number of pyridine rings is 1. The van der Waals surface area contributed by atoms with Crippen molar-refractivity contribution >= 4 is 21.9 Å². The van der Waals surface area contributed by atoms with Crippen LogP contribution in [0.3, 0.4) is 0 Å². The lowest BCUT2D eigenvalue weighted by molar-refractivity contribution is -0.144. The molecule has 1 atom stereocenters. The van der Waals surface area contributed by atoms with E-state index >= 15 is 0 Å². The Balaban J connectivity index is 2.34. The van der Waals surface area contributed by atoms with E-state index in [0.717, 1.165) is 23.0 Å². The van der Waals surface area contributed by atoms with Crippen molar-refractivity contribution in [2.45, 2.75) is 77.2 Å². The van der Waals surface area contributed by atoms with Gasteiger partial charge in [0.2, 0.25) is 0 Å². The fourth-order valence-corrected chi connectivity index (χ4v) is 3.23. The van der Waals surface area contributed by atoms with Gasteiger partial charge in [0, 0.05) is 16.7 Å². The Bertz CT molecular complexity index is 490. The Morgan fingerprint density at radius 1 is 1.21 bits per heavy atom. The number of rotatable bonds is 13. The van der Waals surface area contributed by atoms with E-state index in [2.05, 4.69) is 34.4 Å². The minimum Gasteiger partial charge on any atom is -0.453 e. The van der Waals surface area contributed by atoms with Crippen LogP contribution < -0.4 is 0 Å². The molecule has 0 saturated carbocycles. The van der Waals surface area contributed by atoms with Crippen molar-refractivity contribution in [1.29, 1.82) is 0 Å². The van der Waals surface area contributed by atoms with Crippen LogP contribution in [0.15, 0.2) is 35.5 Å². The number of halogens is 1. The Morgan fingerprint density at radius 2 is 1.83 bits per heavy atom. The molecule has 1 unspecified atom stereocenters. The Hall–Kier alpha value is -1.16. The number of unbranched alkanes of at least 4 members (excludes halogenated alkanes) is 8. The zero-order valence-electron chi connectivity index (χ0n) is 14.8. The van der Waals surface area contributed by atoms with Gasteiger partial charge in [0.25, 0.3) is 0 Å². The first-order valence-corrected chi connectivity index (χ1v) is 9.91. The lowest BCUT2D eigenvalue weighted by Crippen LogP contribution is -2.11. The SMILES string of the molecule is C=CC(=O)OC(CCCCCCCCCCC)c1ncccc1Br. The molecule has 0 saturated heterocycles. The number of hydrogen-bond acceptors (Lipinski definition) is 3. The highest BCUT2D eigenvalue weighted by molar-refractivity contribution is 9.10. The lowest BCUT2D eigenvalue weighted by Gasteiger charge is -2.17. The quantitative estimate of drug-likeness (QED) is 0.216. The van der Waals surface area contributed by atoms with Gasteiger partial charge in [-0.05, 0) is 40.9 Å². The molecule has 0 aliphatic heterocycles. The van der Waals surface area contributed by atoms with E-state index in [-0.39, 0.29) is 6.10 Å². The van der Waals surface area contributed by atoms with Crippen LogP contribution >= 0.6 is 15.9 Å². The van der Waals surface area contributed by atoms with E-state index in [1.165, 1.54) is 57.4 Å². The molecule has 0 aliphatic carbocycles. The average Bonchev–Trinajstić information content (AvgIpc) is 2.59. The van der Waals surface area contributed by atoms with Gasteiger partial charge in [0.05, 0.1) is 5.69 Å². The highest BCUT2D eigenvalue weighted by Gasteiger charge is 2.19. The predicted octanol–water partition coefficient (Wildman–Crippen LogP) is 6.54. The molecule has 0 aliphatic rings. The smallest absolute Gasteiger partial charge is 0.330 e. The normalized spacial score (nSPS) is 11.9. The molecule has 0 spiro atoms. The second-order valence-corrected chi connectivity index (χ2v) is 6.97. The summed E-state index contributed by atoms with van der Waals surface area (Å²) in [5.74, 6) is -0.395. The van der Waals surface area contributed by atoms with Gasteiger partial charge in [-0.3, -0.25) is 4.98 Å². The molecule has 0 bridgehead atoms. The molecule has 4 heteroatoms. The molecule has 134 valence electrons. The van der Waals surface area contributed by atoms with Crippen LogP contribution in [-0.4, -0.2) is 11.0 Å². The van der Waals surface area contributed by atoms with Crippen LogP contribution in [0.2, 0.25) is 0 Å². The number of aromatic nitrogens is 1. The van der Waals surface area contributed by atoms with Crippen molar-refractivity contribution in [2.24, 2.45) is 0 Å². The maximum atomic E-state index is 11.6. The summed E-state index contributed by atoms with van der Waals surface area (Å²) >= 11 is 3.49. The molecular weight excluding hydrogens is 366 g/mol. The molecule has 0 radical (unpaired) electrons. The first-order chi connectivity index (χ1) is 11.7. The number of carbonyl (C=O) groups excluding carboxylic acids is 1. The van der Waals surface area contributed by atoms with E-state index in [0.29, 0.717) is 0 Å². The van der Waals surface area contributed by atoms with E-state index < -0.39 is 5.97 Å². The third-order valence-electron chi connectivity index (χ3n) is 4.09. The zero-order chi connectivity index (χ0) is 17.6. The third-order valence-corrected chi connectivity index (χ3v) is 4.76. The summed E-state index contributed by atoms with van der Waals surface area (Å²) in [6.07, 6.45) is 14.9. The second-order valence-electron chi connectivity index (χ2n) is 6.12. The molecule has 0 fully saturated rings. The third kappa shape index (κ3) is 8.62. The topological polar surface area (TPSA) is 39.2 Å². The molecule has 0 N–H and O–H groups in total. The van der Waals surface area contributed by atoms with Gasteiger partial charge in [0.1, 0.15) is 6.10 Å². The molecule has 1 aromatic heterocycles. The first-order valence-electron chi connectivity index (χ1n) is 9.12. The molecule has 1 rings (SSSR count). The number of nitrogens with zero attached hydrogens (tertiary/aromatic N) is 1. The predicted molar refractivity (Wildman–Crippen MR) is 103 cm³/mol. The van der Waals surface area contributed by atoms with Gasteiger partial charge in [-0.1, -0.05) is 64.9 Å². The second kappa shape index (κ2) is 13.2. The fraction of sp³-hybridized carbons (Fsp3) is 0.600. The number of ether oxygens (including phenoxy) is 1.